The predicted molar refractivity (Wildman–Crippen MR) is 190 cm³/mol. The predicted octanol–water partition coefficient (Wildman–Crippen LogP) is 7.23. The molecular weight excluding hydrogens is 682 g/mol. The largest absolute Gasteiger partial charge is 0.354 e. The van der Waals surface area contributed by atoms with Crippen molar-refractivity contribution >= 4 is 55.2 Å². The summed E-state index contributed by atoms with van der Waals surface area (Å²) in [5, 5.41) is 3.02. The zero-order chi connectivity index (χ0) is 33.1. The van der Waals surface area contributed by atoms with E-state index in [2.05, 4.69) is 21.2 Å². The summed E-state index contributed by atoms with van der Waals surface area (Å²) in [7, 11) is -4.15. The van der Waals surface area contributed by atoms with Crippen molar-refractivity contribution in [3.63, 3.8) is 0 Å². The summed E-state index contributed by atoms with van der Waals surface area (Å²) in [6, 6.07) is 29.9. The number of sulfonamides is 1. The van der Waals surface area contributed by atoms with Gasteiger partial charge in [0.2, 0.25) is 11.8 Å². The number of amides is 2. The molecular formula is C36H40BrN3O4S2. The lowest BCUT2D eigenvalue weighted by molar-refractivity contribution is -0.140. The number of benzene rings is 4. The lowest BCUT2D eigenvalue weighted by Gasteiger charge is -2.34. The van der Waals surface area contributed by atoms with Crippen LogP contribution in [0.1, 0.15) is 36.5 Å². The third kappa shape index (κ3) is 9.47. The molecule has 0 aliphatic heterocycles. The second kappa shape index (κ2) is 16.8. The molecule has 0 aliphatic carbocycles. The molecule has 46 heavy (non-hydrogen) atoms. The average Bonchev–Trinajstić information content (AvgIpc) is 3.06. The van der Waals surface area contributed by atoms with Crippen molar-refractivity contribution in [1.82, 2.24) is 10.2 Å². The van der Waals surface area contributed by atoms with Crippen LogP contribution >= 0.6 is 27.7 Å². The zero-order valence-electron chi connectivity index (χ0n) is 26.4. The van der Waals surface area contributed by atoms with Crippen LogP contribution in [0.2, 0.25) is 0 Å². The molecule has 0 aromatic heterocycles. The van der Waals surface area contributed by atoms with Crippen LogP contribution in [0.15, 0.2) is 117 Å². The van der Waals surface area contributed by atoms with Gasteiger partial charge in [-0.25, -0.2) is 8.42 Å². The molecule has 0 saturated heterocycles. The SMILES string of the molecule is CCCCNC(=O)[C@H](Cc1ccccc1)N(Cc1cccc(Br)c1)C(=O)CN(c1ccc(C)cc1)S(=O)(=O)c1ccc(SC)cc1. The lowest BCUT2D eigenvalue weighted by Crippen LogP contribution is -2.53. The van der Waals surface area contributed by atoms with Crippen LogP contribution < -0.4 is 9.62 Å². The zero-order valence-corrected chi connectivity index (χ0v) is 29.6. The average molecular weight is 723 g/mol. The Morgan fingerprint density at radius 3 is 2.20 bits per heavy atom. The van der Waals surface area contributed by atoms with Crippen LogP contribution in [0.5, 0.6) is 0 Å². The molecule has 0 bridgehead atoms. The van der Waals surface area contributed by atoms with Crippen molar-refractivity contribution in [3.05, 3.63) is 124 Å². The van der Waals surface area contributed by atoms with Crippen LogP contribution in [0, 0.1) is 6.92 Å². The Hall–Kier alpha value is -3.60. The minimum absolute atomic E-state index is 0.0790. The van der Waals surface area contributed by atoms with Gasteiger partial charge in [0.15, 0.2) is 0 Å². The molecule has 7 nitrogen and oxygen atoms in total. The molecule has 0 spiro atoms. The van der Waals surface area contributed by atoms with Gasteiger partial charge in [0.25, 0.3) is 10.0 Å². The van der Waals surface area contributed by atoms with E-state index >= 15 is 0 Å². The highest BCUT2D eigenvalue weighted by Gasteiger charge is 2.34. The van der Waals surface area contributed by atoms with Crippen LogP contribution in [0.3, 0.4) is 0 Å². The summed E-state index contributed by atoms with van der Waals surface area (Å²) >= 11 is 5.03. The number of anilines is 1. The van der Waals surface area contributed by atoms with Crippen molar-refractivity contribution in [2.75, 3.05) is 23.7 Å². The summed E-state index contributed by atoms with van der Waals surface area (Å²) in [6.45, 7) is 4.07. The van der Waals surface area contributed by atoms with Gasteiger partial charge in [0.05, 0.1) is 10.6 Å². The number of unbranched alkanes of at least 4 members (excludes halogenated alkanes) is 1. The first kappa shape index (κ1) is 35.3. The fourth-order valence-electron chi connectivity index (χ4n) is 5.01. The van der Waals surface area contributed by atoms with Gasteiger partial charge >= 0.3 is 0 Å². The molecule has 0 heterocycles. The maximum atomic E-state index is 14.6. The van der Waals surface area contributed by atoms with E-state index < -0.39 is 28.5 Å². The molecule has 0 aliphatic rings. The number of aryl methyl sites for hydroxylation is 1. The smallest absolute Gasteiger partial charge is 0.264 e. The number of halogens is 1. The summed E-state index contributed by atoms with van der Waals surface area (Å²) in [5.74, 6) is -0.769. The minimum Gasteiger partial charge on any atom is -0.354 e. The van der Waals surface area contributed by atoms with Crippen molar-refractivity contribution in [3.8, 4) is 0 Å². The number of rotatable bonds is 15. The Balaban J connectivity index is 1.78. The quantitative estimate of drug-likeness (QED) is 0.103. The van der Waals surface area contributed by atoms with E-state index in [0.29, 0.717) is 12.2 Å². The Morgan fingerprint density at radius 2 is 1.57 bits per heavy atom. The van der Waals surface area contributed by atoms with E-state index in [4.69, 9.17) is 0 Å². The maximum Gasteiger partial charge on any atom is 0.264 e. The van der Waals surface area contributed by atoms with Gasteiger partial charge in [-0.05, 0) is 79.3 Å². The molecule has 4 aromatic carbocycles. The van der Waals surface area contributed by atoms with Crippen molar-refractivity contribution in [1.29, 1.82) is 0 Å². The maximum absolute atomic E-state index is 14.6. The topological polar surface area (TPSA) is 86.8 Å². The Kier molecular flexibility index (Phi) is 12.9. The van der Waals surface area contributed by atoms with E-state index in [9.17, 15) is 18.0 Å². The first-order chi connectivity index (χ1) is 22.1. The van der Waals surface area contributed by atoms with Crippen molar-refractivity contribution < 1.29 is 18.0 Å². The van der Waals surface area contributed by atoms with Gasteiger partial charge in [-0.3, -0.25) is 13.9 Å². The summed E-state index contributed by atoms with van der Waals surface area (Å²) < 4.78 is 30.4. The number of carbonyl (C=O) groups excluding carboxylic acids is 2. The monoisotopic (exact) mass is 721 g/mol. The highest BCUT2D eigenvalue weighted by molar-refractivity contribution is 9.10. The van der Waals surface area contributed by atoms with Crippen LogP contribution in [-0.4, -0.2) is 50.5 Å². The number of carbonyl (C=O) groups is 2. The highest BCUT2D eigenvalue weighted by Crippen LogP contribution is 2.27. The minimum atomic E-state index is -4.15. The summed E-state index contributed by atoms with van der Waals surface area (Å²) in [4.78, 5) is 30.9. The molecule has 0 unspecified atom stereocenters. The van der Waals surface area contributed by atoms with E-state index in [-0.39, 0.29) is 23.8 Å². The van der Waals surface area contributed by atoms with Crippen LogP contribution in [0.25, 0.3) is 0 Å². The standard InChI is InChI=1S/C36H40BrN3O4S2/c1-4-5-22-38-36(42)34(24-28-10-7-6-8-11-28)39(25-29-12-9-13-30(37)23-29)35(41)26-40(31-16-14-27(2)15-17-31)46(43,44)33-20-18-32(45-3)19-21-33/h6-21,23,34H,4-5,22,24-26H2,1-3H3,(H,38,42)/t34-/m0/s1. The van der Waals surface area contributed by atoms with Crippen LogP contribution in [0.4, 0.5) is 5.69 Å². The van der Waals surface area contributed by atoms with E-state index in [1.54, 1.807) is 36.4 Å². The second-order valence-electron chi connectivity index (χ2n) is 11.0. The van der Waals surface area contributed by atoms with E-state index in [1.807, 2.05) is 86.8 Å². The molecule has 10 heteroatoms. The molecule has 0 saturated carbocycles. The van der Waals surface area contributed by atoms with Gasteiger partial charge < -0.3 is 10.2 Å². The van der Waals surface area contributed by atoms with E-state index in [1.165, 1.54) is 16.7 Å². The third-order valence-electron chi connectivity index (χ3n) is 7.59. The van der Waals surface area contributed by atoms with Crippen molar-refractivity contribution in [2.24, 2.45) is 0 Å². The number of hydrogen-bond donors (Lipinski definition) is 1. The number of hydrogen-bond acceptors (Lipinski definition) is 5. The lowest BCUT2D eigenvalue weighted by atomic mass is 10.0. The summed E-state index contributed by atoms with van der Waals surface area (Å²) in [6.07, 6.45) is 3.90. The fraction of sp³-hybridized carbons (Fsp3) is 0.278. The molecule has 0 fully saturated rings. The van der Waals surface area contributed by atoms with Crippen LogP contribution in [-0.2, 0) is 32.6 Å². The first-order valence-electron chi connectivity index (χ1n) is 15.2. The molecule has 4 rings (SSSR count). The highest BCUT2D eigenvalue weighted by atomic mass is 79.9. The first-order valence-corrected chi connectivity index (χ1v) is 18.7. The number of thioether (sulfide) groups is 1. The molecule has 1 atom stereocenters. The van der Waals surface area contributed by atoms with Gasteiger partial charge in [-0.2, -0.15) is 0 Å². The number of nitrogens with zero attached hydrogens (tertiary/aromatic N) is 2. The Morgan fingerprint density at radius 1 is 0.891 bits per heavy atom. The van der Waals surface area contributed by atoms with Gasteiger partial charge in [-0.1, -0.05) is 89.4 Å². The van der Waals surface area contributed by atoms with Gasteiger partial charge in [-0.15, -0.1) is 11.8 Å². The molecule has 0 radical (unpaired) electrons. The van der Waals surface area contributed by atoms with Crippen molar-refractivity contribution in [2.45, 2.75) is 55.5 Å². The fourth-order valence-corrected chi connectivity index (χ4v) is 7.28. The normalized spacial score (nSPS) is 11.9. The molecule has 1 N–H and O–H groups in total. The molecule has 4 aromatic rings. The van der Waals surface area contributed by atoms with E-state index in [0.717, 1.165) is 43.2 Å². The Labute approximate surface area is 285 Å². The molecule has 2 amide bonds. The molecule has 242 valence electrons. The number of nitrogens with one attached hydrogen (secondary N) is 1. The summed E-state index contributed by atoms with van der Waals surface area (Å²) in [5.41, 5.74) is 3.02. The second-order valence-corrected chi connectivity index (χ2v) is 14.7. The van der Waals surface area contributed by atoms with Gasteiger partial charge in [0, 0.05) is 28.9 Å². The third-order valence-corrected chi connectivity index (χ3v) is 10.6. The van der Waals surface area contributed by atoms with Gasteiger partial charge in [0.1, 0.15) is 12.6 Å². The Bertz CT molecular complexity index is 1700.